The zero-order valence-electron chi connectivity index (χ0n) is 14.1. The summed E-state index contributed by atoms with van der Waals surface area (Å²) in [4.78, 5) is 2.26. The molecule has 124 valence electrons. The number of rotatable bonds is 9. The Morgan fingerprint density at radius 1 is 0.870 bits per heavy atom. The van der Waals surface area contributed by atoms with Crippen LogP contribution in [-0.2, 0) is 17.8 Å². The molecule has 3 heteroatoms. The summed E-state index contributed by atoms with van der Waals surface area (Å²) in [7, 11) is 0. The third-order valence-electron chi connectivity index (χ3n) is 3.59. The smallest absolute Gasteiger partial charge is 0.0900 e. The number of ether oxygens (including phenoxy) is 1. The molecule has 0 amide bonds. The van der Waals surface area contributed by atoms with E-state index in [9.17, 15) is 5.11 Å². The molecule has 1 unspecified atom stereocenters. The Hall–Kier alpha value is -1.68. The Balaban J connectivity index is 1.98. The van der Waals surface area contributed by atoms with Gasteiger partial charge in [-0.1, -0.05) is 60.7 Å². The molecule has 1 atom stereocenters. The summed E-state index contributed by atoms with van der Waals surface area (Å²) in [5, 5.41) is 10.3. The fourth-order valence-electron chi connectivity index (χ4n) is 2.52. The zero-order chi connectivity index (χ0) is 16.5. The molecule has 1 N–H and O–H groups in total. The Bertz CT molecular complexity index is 501. The predicted octanol–water partition coefficient (Wildman–Crippen LogP) is 3.47. The highest BCUT2D eigenvalue weighted by atomic mass is 16.5. The van der Waals surface area contributed by atoms with E-state index in [1.807, 2.05) is 50.2 Å². The number of aliphatic hydroxyl groups excluding tert-OH is 1. The molecule has 0 aliphatic heterocycles. The van der Waals surface area contributed by atoms with E-state index in [1.165, 1.54) is 11.1 Å². The maximum absolute atomic E-state index is 10.3. The zero-order valence-corrected chi connectivity index (χ0v) is 14.1. The van der Waals surface area contributed by atoms with Gasteiger partial charge in [-0.2, -0.15) is 0 Å². The molecule has 0 spiro atoms. The van der Waals surface area contributed by atoms with Gasteiger partial charge < -0.3 is 9.84 Å². The van der Waals surface area contributed by atoms with Crippen LogP contribution in [-0.4, -0.2) is 35.4 Å². The van der Waals surface area contributed by atoms with E-state index < -0.39 is 6.10 Å². The van der Waals surface area contributed by atoms with Crippen molar-refractivity contribution < 1.29 is 9.84 Å². The maximum Gasteiger partial charge on any atom is 0.0900 e. The fourth-order valence-corrected chi connectivity index (χ4v) is 2.52. The Morgan fingerprint density at radius 2 is 1.35 bits per heavy atom. The number of hydrogen-bond donors (Lipinski definition) is 1. The summed E-state index contributed by atoms with van der Waals surface area (Å²) in [5.41, 5.74) is 2.50. The molecule has 0 radical (unpaired) electrons. The second-order valence-electron chi connectivity index (χ2n) is 6.18. The summed E-state index contributed by atoms with van der Waals surface area (Å²) in [6, 6.07) is 20.7. The van der Waals surface area contributed by atoms with Gasteiger partial charge in [-0.25, -0.2) is 0 Å². The minimum absolute atomic E-state index is 0.140. The van der Waals surface area contributed by atoms with Gasteiger partial charge in [-0.15, -0.1) is 0 Å². The average Bonchev–Trinajstić information content (AvgIpc) is 2.55. The monoisotopic (exact) mass is 313 g/mol. The van der Waals surface area contributed by atoms with E-state index >= 15 is 0 Å². The molecular formula is C20H27NO2. The first kappa shape index (κ1) is 17.7. The van der Waals surface area contributed by atoms with Crippen LogP contribution in [0.15, 0.2) is 60.7 Å². The number of aliphatic hydroxyl groups is 1. The lowest BCUT2D eigenvalue weighted by Crippen LogP contribution is -2.34. The van der Waals surface area contributed by atoms with Crippen molar-refractivity contribution >= 4 is 0 Å². The van der Waals surface area contributed by atoms with Crippen molar-refractivity contribution in [2.45, 2.75) is 39.1 Å². The van der Waals surface area contributed by atoms with Crippen LogP contribution in [0.5, 0.6) is 0 Å². The van der Waals surface area contributed by atoms with Gasteiger partial charge >= 0.3 is 0 Å². The SMILES string of the molecule is CC(C)OCC(O)CN(Cc1ccccc1)Cc1ccccc1. The lowest BCUT2D eigenvalue weighted by Gasteiger charge is -2.25. The minimum Gasteiger partial charge on any atom is -0.389 e. The summed E-state index contributed by atoms with van der Waals surface area (Å²) in [6.07, 6.45) is -0.342. The Morgan fingerprint density at radius 3 is 1.78 bits per heavy atom. The molecule has 0 bridgehead atoms. The minimum atomic E-state index is -0.482. The van der Waals surface area contributed by atoms with E-state index in [2.05, 4.69) is 29.2 Å². The molecular weight excluding hydrogens is 286 g/mol. The average molecular weight is 313 g/mol. The third kappa shape index (κ3) is 6.95. The van der Waals surface area contributed by atoms with Gasteiger partial charge in [0.05, 0.1) is 18.8 Å². The molecule has 0 aromatic heterocycles. The molecule has 0 saturated carbocycles. The summed E-state index contributed by atoms with van der Waals surface area (Å²) in [5.74, 6) is 0. The summed E-state index contributed by atoms with van der Waals surface area (Å²) < 4.78 is 5.53. The van der Waals surface area contributed by atoms with Crippen LogP contribution in [0.3, 0.4) is 0 Å². The lowest BCUT2D eigenvalue weighted by atomic mass is 10.1. The second kappa shape index (κ2) is 9.46. The number of benzene rings is 2. The standard InChI is InChI=1S/C20H27NO2/c1-17(2)23-16-20(22)15-21(13-18-9-5-3-6-10-18)14-19-11-7-4-8-12-19/h3-12,17,20,22H,13-16H2,1-2H3. The maximum atomic E-state index is 10.3. The van der Waals surface area contributed by atoms with Crippen LogP contribution < -0.4 is 0 Å². The highest BCUT2D eigenvalue weighted by Gasteiger charge is 2.14. The predicted molar refractivity (Wildman–Crippen MR) is 94.1 cm³/mol. The highest BCUT2D eigenvalue weighted by Crippen LogP contribution is 2.11. The van der Waals surface area contributed by atoms with Gasteiger partial charge in [0.15, 0.2) is 0 Å². The molecule has 2 aromatic carbocycles. The Labute approximate surface area is 139 Å². The van der Waals surface area contributed by atoms with Crippen molar-refractivity contribution in [3.8, 4) is 0 Å². The van der Waals surface area contributed by atoms with E-state index in [4.69, 9.17) is 4.74 Å². The van der Waals surface area contributed by atoms with Crippen LogP contribution in [0.25, 0.3) is 0 Å². The largest absolute Gasteiger partial charge is 0.389 e. The molecule has 2 aromatic rings. The van der Waals surface area contributed by atoms with Gasteiger partial charge in [0.2, 0.25) is 0 Å². The normalized spacial score (nSPS) is 12.7. The molecule has 0 heterocycles. The van der Waals surface area contributed by atoms with Gasteiger partial charge in [-0.05, 0) is 25.0 Å². The van der Waals surface area contributed by atoms with E-state index in [1.54, 1.807) is 0 Å². The molecule has 0 fully saturated rings. The van der Waals surface area contributed by atoms with E-state index in [0.29, 0.717) is 13.2 Å². The molecule has 2 rings (SSSR count). The van der Waals surface area contributed by atoms with Crippen molar-refractivity contribution in [1.29, 1.82) is 0 Å². The first-order valence-corrected chi connectivity index (χ1v) is 8.23. The van der Waals surface area contributed by atoms with Crippen molar-refractivity contribution in [1.82, 2.24) is 4.90 Å². The summed E-state index contributed by atoms with van der Waals surface area (Å²) >= 11 is 0. The second-order valence-corrected chi connectivity index (χ2v) is 6.18. The van der Waals surface area contributed by atoms with Gasteiger partial charge in [0, 0.05) is 19.6 Å². The van der Waals surface area contributed by atoms with Gasteiger partial charge in [-0.3, -0.25) is 4.90 Å². The van der Waals surface area contributed by atoms with Crippen molar-refractivity contribution in [2.24, 2.45) is 0 Å². The summed E-state index contributed by atoms with van der Waals surface area (Å²) in [6.45, 7) is 6.56. The van der Waals surface area contributed by atoms with Gasteiger partial charge in [0.25, 0.3) is 0 Å². The van der Waals surface area contributed by atoms with Crippen LogP contribution in [0.4, 0.5) is 0 Å². The molecule has 0 saturated heterocycles. The van der Waals surface area contributed by atoms with Crippen LogP contribution in [0.1, 0.15) is 25.0 Å². The first-order valence-electron chi connectivity index (χ1n) is 8.23. The number of hydrogen-bond acceptors (Lipinski definition) is 3. The van der Waals surface area contributed by atoms with Crippen LogP contribution >= 0.6 is 0 Å². The van der Waals surface area contributed by atoms with Crippen molar-refractivity contribution in [2.75, 3.05) is 13.2 Å². The molecule has 0 aliphatic carbocycles. The third-order valence-corrected chi connectivity index (χ3v) is 3.59. The van der Waals surface area contributed by atoms with E-state index in [-0.39, 0.29) is 6.10 Å². The molecule has 23 heavy (non-hydrogen) atoms. The van der Waals surface area contributed by atoms with Crippen molar-refractivity contribution in [3.63, 3.8) is 0 Å². The molecule has 0 aliphatic rings. The fraction of sp³-hybridized carbons (Fsp3) is 0.400. The van der Waals surface area contributed by atoms with Crippen LogP contribution in [0, 0.1) is 0 Å². The Kier molecular flexibility index (Phi) is 7.27. The van der Waals surface area contributed by atoms with Crippen LogP contribution in [0.2, 0.25) is 0 Å². The first-order chi connectivity index (χ1) is 11.1. The molecule has 3 nitrogen and oxygen atoms in total. The topological polar surface area (TPSA) is 32.7 Å². The lowest BCUT2D eigenvalue weighted by molar-refractivity contribution is -0.0106. The quantitative estimate of drug-likeness (QED) is 0.769. The number of nitrogens with zero attached hydrogens (tertiary/aromatic N) is 1. The highest BCUT2D eigenvalue weighted by molar-refractivity contribution is 5.17. The van der Waals surface area contributed by atoms with Crippen molar-refractivity contribution in [3.05, 3.63) is 71.8 Å². The van der Waals surface area contributed by atoms with E-state index in [0.717, 1.165) is 13.1 Å². The van der Waals surface area contributed by atoms with Gasteiger partial charge in [0.1, 0.15) is 0 Å².